The van der Waals surface area contributed by atoms with Crippen LogP contribution < -0.4 is 15.1 Å². The minimum absolute atomic E-state index is 0.0421. The van der Waals surface area contributed by atoms with Crippen molar-refractivity contribution in [2.45, 2.75) is 44.6 Å². The molecule has 1 amide bonds. The number of hydrogen-bond acceptors (Lipinski definition) is 5. The van der Waals surface area contributed by atoms with Gasteiger partial charge in [-0.05, 0) is 43.2 Å². The van der Waals surface area contributed by atoms with Crippen LogP contribution in [0.5, 0.6) is 5.75 Å². The number of nitrogens with zero attached hydrogens (tertiary/aromatic N) is 2. The van der Waals surface area contributed by atoms with E-state index >= 15 is 0 Å². The summed E-state index contributed by atoms with van der Waals surface area (Å²) in [5.41, 5.74) is 1.36. The molecule has 0 radical (unpaired) electrons. The fourth-order valence-corrected chi connectivity index (χ4v) is 4.06. The van der Waals surface area contributed by atoms with Crippen LogP contribution in [0.3, 0.4) is 0 Å². The molecule has 1 heterocycles. The maximum Gasteiger partial charge on any atom is 0.267 e. The number of ether oxygens (including phenoxy) is 1. The van der Waals surface area contributed by atoms with Crippen LogP contribution in [-0.2, 0) is 4.79 Å². The predicted molar refractivity (Wildman–Crippen MR) is 132 cm³/mol. The fourth-order valence-electron chi connectivity index (χ4n) is 3.55. The molecule has 1 saturated carbocycles. The fraction of sp³-hybridized carbons (Fsp3) is 0.417. The Bertz CT molecular complexity index is 872. The van der Waals surface area contributed by atoms with Gasteiger partial charge in [0.2, 0.25) is 0 Å². The number of halogens is 2. The van der Waals surface area contributed by atoms with Gasteiger partial charge in [-0.2, -0.15) is 5.10 Å². The van der Waals surface area contributed by atoms with Gasteiger partial charge >= 0.3 is 0 Å². The first-order chi connectivity index (χ1) is 15.6. The summed E-state index contributed by atoms with van der Waals surface area (Å²) in [6.45, 7) is 0.661. The molecule has 0 spiro atoms. The molecule has 0 saturated heterocycles. The first kappa shape index (κ1) is 26.0. The monoisotopic (exact) mass is 479 g/mol. The van der Waals surface area contributed by atoms with Crippen LogP contribution in [0.2, 0.25) is 10.0 Å². The summed E-state index contributed by atoms with van der Waals surface area (Å²) < 4.78 is 4.91. The van der Waals surface area contributed by atoms with Crippen LogP contribution in [-0.4, -0.2) is 43.5 Å². The molecule has 6 nitrogen and oxygen atoms in total. The van der Waals surface area contributed by atoms with Crippen molar-refractivity contribution < 1.29 is 14.6 Å². The highest BCUT2D eigenvalue weighted by atomic mass is 35.5. The molecule has 1 aliphatic carbocycles. The van der Waals surface area contributed by atoms with Crippen molar-refractivity contribution in [3.05, 3.63) is 58.6 Å². The molecule has 1 fully saturated rings. The number of benzene rings is 2. The number of hydrogen-bond donors (Lipinski definition) is 2. The summed E-state index contributed by atoms with van der Waals surface area (Å²) in [7, 11) is 2.66. The van der Waals surface area contributed by atoms with Gasteiger partial charge in [0.15, 0.2) is 0 Å². The highest BCUT2D eigenvalue weighted by molar-refractivity contribution is 6.40. The van der Waals surface area contributed by atoms with Crippen molar-refractivity contribution in [2.75, 3.05) is 25.8 Å². The van der Waals surface area contributed by atoms with Crippen molar-refractivity contribution >= 4 is 40.5 Å². The molecular weight excluding hydrogens is 449 g/mol. The van der Waals surface area contributed by atoms with Crippen LogP contribution in [0.1, 0.15) is 38.5 Å². The number of amides is 1. The third-order valence-corrected chi connectivity index (χ3v) is 5.71. The van der Waals surface area contributed by atoms with E-state index in [-0.39, 0.29) is 5.91 Å². The molecule has 0 aromatic heterocycles. The summed E-state index contributed by atoms with van der Waals surface area (Å²) in [4.78, 5) is 12.3. The highest BCUT2D eigenvalue weighted by Crippen LogP contribution is 2.30. The van der Waals surface area contributed by atoms with Gasteiger partial charge in [-0.3, -0.25) is 9.80 Å². The van der Waals surface area contributed by atoms with Crippen molar-refractivity contribution in [3.63, 3.8) is 0 Å². The zero-order chi connectivity index (χ0) is 23.3. The van der Waals surface area contributed by atoms with E-state index in [1.807, 2.05) is 36.4 Å². The van der Waals surface area contributed by atoms with E-state index in [9.17, 15) is 4.79 Å². The van der Waals surface area contributed by atoms with Gasteiger partial charge in [0.05, 0.1) is 17.8 Å². The Morgan fingerprint density at radius 1 is 1.09 bits per heavy atom. The first-order valence-corrected chi connectivity index (χ1v) is 11.5. The van der Waals surface area contributed by atoms with Gasteiger partial charge in [-0.25, -0.2) is 0 Å². The first-order valence-electron chi connectivity index (χ1n) is 10.7. The largest absolute Gasteiger partial charge is 0.497 e. The van der Waals surface area contributed by atoms with Crippen molar-refractivity contribution in [3.8, 4) is 5.75 Å². The lowest BCUT2D eigenvalue weighted by Gasteiger charge is -2.22. The van der Waals surface area contributed by atoms with Gasteiger partial charge in [0, 0.05) is 31.1 Å². The van der Waals surface area contributed by atoms with Crippen LogP contribution in [0.25, 0.3) is 0 Å². The standard InChI is InChI=1S/C16H19Cl2N3O.C7H8O.CH4O/c17-11-6-7-15(13(18)10-11)21-9-8-14(20-21)16(22)19-12-4-2-1-3-5-12;1-8-7-5-3-2-4-6-7;1-2/h6-7,10,12H,1-5,8-9H2,(H,19,22);2-6H,1H3;2H,1H3. The molecule has 0 atom stereocenters. The second-order valence-corrected chi connectivity index (χ2v) is 8.18. The zero-order valence-corrected chi connectivity index (χ0v) is 20.1. The molecule has 174 valence electrons. The topological polar surface area (TPSA) is 74.2 Å². The highest BCUT2D eigenvalue weighted by Gasteiger charge is 2.25. The van der Waals surface area contributed by atoms with Crippen molar-refractivity contribution in [1.29, 1.82) is 0 Å². The summed E-state index contributed by atoms with van der Waals surface area (Å²) in [5, 5.41) is 17.4. The summed E-state index contributed by atoms with van der Waals surface area (Å²) in [6, 6.07) is 15.3. The summed E-state index contributed by atoms with van der Waals surface area (Å²) in [5.74, 6) is 0.868. The lowest BCUT2D eigenvalue weighted by Crippen LogP contribution is -2.39. The maximum atomic E-state index is 12.3. The number of para-hydroxylation sites is 1. The Labute approximate surface area is 200 Å². The minimum Gasteiger partial charge on any atom is -0.497 e. The molecule has 0 bridgehead atoms. The molecule has 2 aromatic rings. The number of carbonyl (C=O) groups excluding carboxylic acids is 1. The van der Waals surface area contributed by atoms with Gasteiger partial charge in [-0.1, -0.05) is 60.7 Å². The van der Waals surface area contributed by atoms with Crippen LogP contribution >= 0.6 is 23.2 Å². The number of nitrogens with one attached hydrogen (secondary N) is 1. The van der Waals surface area contributed by atoms with Gasteiger partial charge < -0.3 is 15.2 Å². The van der Waals surface area contributed by atoms with Crippen LogP contribution in [0.15, 0.2) is 53.6 Å². The molecule has 8 heteroatoms. The number of rotatable bonds is 4. The Balaban J connectivity index is 0.000000304. The number of methoxy groups -OCH3 is 1. The van der Waals surface area contributed by atoms with E-state index in [1.165, 1.54) is 19.3 Å². The van der Waals surface area contributed by atoms with Crippen LogP contribution in [0, 0.1) is 0 Å². The Kier molecular flexibility index (Phi) is 11.4. The van der Waals surface area contributed by atoms with Gasteiger partial charge in [0.1, 0.15) is 11.5 Å². The van der Waals surface area contributed by atoms with E-state index in [0.29, 0.717) is 34.8 Å². The number of carbonyl (C=O) groups is 1. The summed E-state index contributed by atoms with van der Waals surface area (Å²) >= 11 is 12.1. The quantitative estimate of drug-likeness (QED) is 0.622. The molecule has 1 aliphatic heterocycles. The van der Waals surface area contributed by atoms with Gasteiger partial charge in [0.25, 0.3) is 5.91 Å². The number of hydrazone groups is 1. The molecule has 2 N–H and O–H groups in total. The maximum absolute atomic E-state index is 12.3. The normalized spacial score (nSPS) is 15.5. The SMILES string of the molecule is CO.COc1ccccc1.O=C(NC1CCCCC1)C1=NN(c2ccc(Cl)cc2Cl)CC1. The van der Waals surface area contributed by atoms with Crippen molar-refractivity contribution in [1.82, 2.24) is 5.32 Å². The average Bonchev–Trinajstić information content (AvgIpc) is 3.32. The number of anilines is 1. The van der Waals surface area contributed by atoms with Crippen molar-refractivity contribution in [2.24, 2.45) is 5.10 Å². The Morgan fingerprint density at radius 3 is 2.38 bits per heavy atom. The smallest absolute Gasteiger partial charge is 0.267 e. The van der Waals surface area contributed by atoms with E-state index in [4.69, 9.17) is 33.0 Å². The van der Waals surface area contributed by atoms with E-state index in [2.05, 4.69) is 10.4 Å². The average molecular weight is 480 g/mol. The lowest BCUT2D eigenvalue weighted by atomic mass is 9.95. The molecule has 2 aromatic carbocycles. The summed E-state index contributed by atoms with van der Waals surface area (Å²) in [6.07, 6.45) is 6.46. The second kappa shape index (κ2) is 14.0. The van der Waals surface area contributed by atoms with E-state index in [1.54, 1.807) is 24.3 Å². The second-order valence-electron chi connectivity index (χ2n) is 7.34. The molecule has 4 rings (SSSR count). The minimum atomic E-state index is -0.0421. The van der Waals surface area contributed by atoms with E-state index < -0.39 is 0 Å². The molecular formula is C24H31Cl2N3O3. The Morgan fingerprint density at radius 2 is 1.78 bits per heavy atom. The zero-order valence-electron chi connectivity index (χ0n) is 18.6. The lowest BCUT2D eigenvalue weighted by molar-refractivity contribution is -0.115. The van der Waals surface area contributed by atoms with Crippen LogP contribution in [0.4, 0.5) is 5.69 Å². The molecule has 32 heavy (non-hydrogen) atoms. The third-order valence-electron chi connectivity index (χ3n) is 5.17. The number of aliphatic hydroxyl groups is 1. The van der Waals surface area contributed by atoms with Gasteiger partial charge in [-0.15, -0.1) is 0 Å². The number of aliphatic hydroxyl groups excluding tert-OH is 1. The third kappa shape index (κ3) is 8.01. The van der Waals surface area contributed by atoms with E-state index in [0.717, 1.165) is 31.4 Å². The predicted octanol–water partition coefficient (Wildman–Crippen LogP) is 5.31. The molecule has 2 aliphatic rings. The Hall–Kier alpha value is -2.28. The molecule has 0 unspecified atom stereocenters.